The van der Waals surface area contributed by atoms with E-state index >= 15 is 0 Å². The Hall–Kier alpha value is -2.62. The lowest BCUT2D eigenvalue weighted by molar-refractivity contribution is -0.151. The van der Waals surface area contributed by atoms with Gasteiger partial charge in [0.1, 0.15) is 11.7 Å². The van der Waals surface area contributed by atoms with Crippen molar-refractivity contribution in [3.63, 3.8) is 0 Å². The van der Waals surface area contributed by atoms with Gasteiger partial charge < -0.3 is 9.15 Å². The largest absolute Gasteiger partial charge is 0.465 e. The summed E-state index contributed by atoms with van der Waals surface area (Å²) in [4.78, 5) is 25.0. The number of ketones is 1. The van der Waals surface area contributed by atoms with Crippen LogP contribution in [0.4, 0.5) is 0 Å². The number of benzene rings is 1. The highest BCUT2D eigenvalue weighted by Gasteiger charge is 2.40. The van der Waals surface area contributed by atoms with Gasteiger partial charge in [-0.2, -0.15) is 0 Å². The fraction of sp³-hybridized carbons (Fsp3) is 0.300. The van der Waals surface area contributed by atoms with E-state index in [1.54, 1.807) is 19.3 Å². The first-order chi connectivity index (χ1) is 11.6. The molecule has 0 radical (unpaired) electrons. The summed E-state index contributed by atoms with van der Waals surface area (Å²) in [6.45, 7) is 4.01. The van der Waals surface area contributed by atoms with E-state index < -0.39 is 11.9 Å². The first kappa shape index (κ1) is 16.2. The van der Waals surface area contributed by atoms with Crippen molar-refractivity contribution in [2.75, 3.05) is 6.61 Å². The molecule has 1 aromatic heterocycles. The summed E-state index contributed by atoms with van der Waals surface area (Å²) in [6.07, 6.45) is 3.67. The highest BCUT2D eigenvalue weighted by atomic mass is 16.5. The van der Waals surface area contributed by atoms with Gasteiger partial charge in [0.05, 0.1) is 12.9 Å². The van der Waals surface area contributed by atoms with Crippen LogP contribution in [-0.2, 0) is 14.3 Å². The van der Waals surface area contributed by atoms with Crippen molar-refractivity contribution >= 4 is 17.3 Å². The Balaban J connectivity index is 2.02. The summed E-state index contributed by atoms with van der Waals surface area (Å²) >= 11 is 0. The lowest BCUT2D eigenvalue weighted by Crippen LogP contribution is -2.34. The van der Waals surface area contributed by atoms with Crippen molar-refractivity contribution in [2.24, 2.45) is 5.92 Å². The number of furan rings is 1. The first-order valence-corrected chi connectivity index (χ1v) is 8.11. The maximum Gasteiger partial charge on any atom is 0.317 e. The quantitative estimate of drug-likeness (QED) is 0.632. The second-order valence-electron chi connectivity index (χ2n) is 6.00. The fourth-order valence-corrected chi connectivity index (χ4v) is 3.23. The third-order valence-corrected chi connectivity index (χ3v) is 4.31. The molecule has 2 atom stereocenters. The molecule has 0 N–H and O–H groups in total. The molecule has 0 amide bonds. The van der Waals surface area contributed by atoms with Gasteiger partial charge in [0, 0.05) is 5.92 Å². The van der Waals surface area contributed by atoms with Crippen molar-refractivity contribution in [1.29, 1.82) is 0 Å². The maximum atomic E-state index is 12.7. The summed E-state index contributed by atoms with van der Waals surface area (Å²) in [5, 5.41) is 0. The van der Waals surface area contributed by atoms with E-state index in [-0.39, 0.29) is 18.3 Å². The van der Waals surface area contributed by atoms with E-state index in [2.05, 4.69) is 0 Å². The van der Waals surface area contributed by atoms with Gasteiger partial charge in [-0.15, -0.1) is 0 Å². The molecule has 1 heterocycles. The van der Waals surface area contributed by atoms with Gasteiger partial charge in [0.25, 0.3) is 0 Å². The third kappa shape index (κ3) is 3.18. The monoisotopic (exact) mass is 324 g/mol. The van der Waals surface area contributed by atoms with Gasteiger partial charge in [-0.25, -0.2) is 0 Å². The van der Waals surface area contributed by atoms with Crippen molar-refractivity contribution in [2.45, 2.75) is 26.2 Å². The average Bonchev–Trinajstić information content (AvgIpc) is 3.08. The second kappa shape index (κ2) is 6.87. The highest BCUT2D eigenvalue weighted by Crippen LogP contribution is 2.40. The predicted molar refractivity (Wildman–Crippen MR) is 90.4 cm³/mol. The van der Waals surface area contributed by atoms with Gasteiger partial charge in [0.2, 0.25) is 0 Å². The number of rotatable bonds is 4. The summed E-state index contributed by atoms with van der Waals surface area (Å²) in [6, 6.07) is 11.5. The number of aryl methyl sites for hydroxylation is 1. The molecule has 2 aromatic rings. The lowest BCUT2D eigenvalue weighted by atomic mass is 9.74. The van der Waals surface area contributed by atoms with Gasteiger partial charge in [-0.3, -0.25) is 9.59 Å². The van der Waals surface area contributed by atoms with E-state index in [0.29, 0.717) is 12.2 Å². The minimum atomic E-state index is -0.800. The Kier molecular flexibility index (Phi) is 4.65. The molecule has 0 saturated carbocycles. The number of hydrogen-bond donors (Lipinski definition) is 0. The van der Waals surface area contributed by atoms with E-state index in [9.17, 15) is 9.59 Å². The second-order valence-corrected chi connectivity index (χ2v) is 6.00. The summed E-state index contributed by atoms with van der Waals surface area (Å²) < 4.78 is 10.6. The van der Waals surface area contributed by atoms with Crippen molar-refractivity contribution < 1.29 is 18.7 Å². The Labute approximate surface area is 141 Å². The normalized spacial score (nSPS) is 20.6. The topological polar surface area (TPSA) is 56.5 Å². The Bertz CT molecular complexity index is 771. The SMILES string of the molecule is CCOC(=O)[C@@H]1C(=O)C=C(c2ccco2)C[C@H]1c1cccc(C)c1. The Morgan fingerprint density at radius 1 is 1.29 bits per heavy atom. The molecule has 0 spiro atoms. The Morgan fingerprint density at radius 2 is 2.12 bits per heavy atom. The van der Waals surface area contributed by atoms with Crippen LogP contribution in [0, 0.1) is 12.8 Å². The number of carbonyl (C=O) groups is 2. The molecule has 3 rings (SSSR count). The Morgan fingerprint density at radius 3 is 2.79 bits per heavy atom. The number of hydrogen-bond acceptors (Lipinski definition) is 4. The fourth-order valence-electron chi connectivity index (χ4n) is 3.23. The van der Waals surface area contributed by atoms with Crippen LogP contribution in [0.25, 0.3) is 5.57 Å². The van der Waals surface area contributed by atoms with Crippen LogP contribution < -0.4 is 0 Å². The molecule has 0 unspecified atom stereocenters. The third-order valence-electron chi connectivity index (χ3n) is 4.31. The van der Waals surface area contributed by atoms with E-state index in [1.165, 1.54) is 6.08 Å². The first-order valence-electron chi connectivity index (χ1n) is 8.11. The van der Waals surface area contributed by atoms with Crippen LogP contribution in [0.15, 0.2) is 53.2 Å². The van der Waals surface area contributed by atoms with Gasteiger partial charge >= 0.3 is 5.97 Å². The van der Waals surface area contributed by atoms with Gasteiger partial charge in [-0.05, 0) is 49.6 Å². The smallest absolute Gasteiger partial charge is 0.317 e. The van der Waals surface area contributed by atoms with Gasteiger partial charge in [-0.1, -0.05) is 29.8 Å². The number of esters is 1. The number of ether oxygens (including phenoxy) is 1. The van der Waals surface area contributed by atoms with Crippen molar-refractivity contribution in [1.82, 2.24) is 0 Å². The standard InChI is InChI=1S/C20H20O4/c1-3-23-20(22)19-16(14-7-4-6-13(2)10-14)11-15(12-17(19)21)18-8-5-9-24-18/h4-10,12,16,19H,3,11H2,1-2H3/t16-,19-/m0/s1. The van der Waals surface area contributed by atoms with E-state index in [4.69, 9.17) is 9.15 Å². The highest BCUT2D eigenvalue weighted by molar-refractivity contribution is 6.10. The molecule has 4 nitrogen and oxygen atoms in total. The molecule has 0 fully saturated rings. The van der Waals surface area contributed by atoms with Crippen LogP contribution in [0.5, 0.6) is 0 Å². The molecular formula is C20H20O4. The minimum Gasteiger partial charge on any atom is -0.465 e. The molecule has 124 valence electrons. The number of carbonyl (C=O) groups excluding carboxylic acids is 2. The molecular weight excluding hydrogens is 304 g/mol. The zero-order chi connectivity index (χ0) is 17.1. The molecule has 4 heteroatoms. The zero-order valence-electron chi connectivity index (χ0n) is 13.8. The van der Waals surface area contributed by atoms with Crippen LogP contribution in [0.1, 0.15) is 36.1 Å². The van der Waals surface area contributed by atoms with Crippen LogP contribution in [0.2, 0.25) is 0 Å². The molecule has 1 aliphatic carbocycles. The summed E-state index contributed by atoms with van der Waals surface area (Å²) in [5.41, 5.74) is 2.88. The molecule has 1 aromatic carbocycles. The molecule has 1 aliphatic rings. The zero-order valence-corrected chi connectivity index (χ0v) is 13.8. The van der Waals surface area contributed by atoms with Crippen LogP contribution in [0.3, 0.4) is 0 Å². The molecule has 0 aliphatic heterocycles. The van der Waals surface area contributed by atoms with Crippen molar-refractivity contribution in [3.05, 3.63) is 65.6 Å². The summed E-state index contributed by atoms with van der Waals surface area (Å²) in [7, 11) is 0. The molecule has 24 heavy (non-hydrogen) atoms. The van der Waals surface area contributed by atoms with Crippen LogP contribution >= 0.6 is 0 Å². The number of allylic oxidation sites excluding steroid dienone is 2. The molecule has 0 saturated heterocycles. The average molecular weight is 324 g/mol. The molecule has 0 bridgehead atoms. The van der Waals surface area contributed by atoms with Crippen LogP contribution in [-0.4, -0.2) is 18.4 Å². The van der Waals surface area contributed by atoms with E-state index in [1.807, 2.05) is 37.3 Å². The van der Waals surface area contributed by atoms with Crippen molar-refractivity contribution in [3.8, 4) is 0 Å². The lowest BCUT2D eigenvalue weighted by Gasteiger charge is -2.29. The van der Waals surface area contributed by atoms with E-state index in [0.717, 1.165) is 16.7 Å². The predicted octanol–water partition coefficient (Wildman–Crippen LogP) is 3.91. The minimum absolute atomic E-state index is 0.224. The summed E-state index contributed by atoms with van der Waals surface area (Å²) in [5.74, 6) is -1.06. The maximum absolute atomic E-state index is 12.7. The van der Waals surface area contributed by atoms with Gasteiger partial charge in [0.15, 0.2) is 5.78 Å².